The third-order valence-corrected chi connectivity index (χ3v) is 9.18. The van der Waals surface area contributed by atoms with Gasteiger partial charge in [-0.3, -0.25) is 9.69 Å². The average Bonchev–Trinajstić information content (AvgIpc) is 3.35. The zero-order valence-electron chi connectivity index (χ0n) is 25.5. The summed E-state index contributed by atoms with van der Waals surface area (Å²) in [7, 11) is 5.77. The van der Waals surface area contributed by atoms with Crippen LogP contribution >= 0.6 is 11.6 Å². The lowest BCUT2D eigenvalue weighted by molar-refractivity contribution is -0.129. The highest BCUT2D eigenvalue weighted by Gasteiger charge is 2.37. The number of fused-ring (bicyclic) bond motifs is 1. The molecule has 1 amide bonds. The third-order valence-electron chi connectivity index (χ3n) is 8.86. The maximum absolute atomic E-state index is 12.9. The molecule has 3 aliphatic heterocycles. The summed E-state index contributed by atoms with van der Waals surface area (Å²) in [6.45, 7) is 8.08. The van der Waals surface area contributed by atoms with Crippen LogP contribution in [0, 0.1) is 0 Å². The van der Waals surface area contributed by atoms with E-state index in [-0.39, 0.29) is 18.1 Å². The summed E-state index contributed by atoms with van der Waals surface area (Å²) in [5.41, 5.74) is 4.35. The van der Waals surface area contributed by atoms with Crippen LogP contribution in [0.25, 0.3) is 11.4 Å². The van der Waals surface area contributed by atoms with E-state index in [1.165, 1.54) is 11.3 Å². The molecule has 0 N–H and O–H groups in total. The molecule has 2 aromatic carbocycles. The number of aromatic nitrogens is 2. The molecule has 3 aromatic rings. The van der Waals surface area contributed by atoms with Gasteiger partial charge in [-0.15, -0.1) is 0 Å². The standard InChI is InChI=1S/C33H42ClN7O2/c1-37(2)30(42)20-27-19-29-31(34)35-32(25-9-11-26(12-10-25)40-15-13-38(3)14-16-40)36-33(29)41(27)23-28-22-39(17-18-43-28)21-24-7-5-4-6-8-24/h4-12,27-28H,13-23H2,1-3H3/t27?,28-/m1/s1. The van der Waals surface area contributed by atoms with Crippen molar-refractivity contribution >= 4 is 29.0 Å². The van der Waals surface area contributed by atoms with Crippen molar-refractivity contribution < 1.29 is 9.53 Å². The molecule has 4 heterocycles. The lowest BCUT2D eigenvalue weighted by Gasteiger charge is -2.37. The first kappa shape index (κ1) is 29.8. The van der Waals surface area contributed by atoms with E-state index in [1.54, 1.807) is 19.0 Å². The topological polar surface area (TPSA) is 68.3 Å². The molecule has 0 spiro atoms. The smallest absolute Gasteiger partial charge is 0.224 e. The Balaban J connectivity index is 1.23. The summed E-state index contributed by atoms with van der Waals surface area (Å²) in [5.74, 6) is 1.51. The zero-order valence-corrected chi connectivity index (χ0v) is 26.2. The fourth-order valence-corrected chi connectivity index (χ4v) is 6.53. The van der Waals surface area contributed by atoms with Crippen molar-refractivity contribution in [2.24, 2.45) is 0 Å². The number of hydrogen-bond acceptors (Lipinski definition) is 8. The van der Waals surface area contributed by atoms with Crippen molar-refractivity contribution in [2.75, 3.05) is 83.4 Å². The van der Waals surface area contributed by atoms with Crippen molar-refractivity contribution in [3.63, 3.8) is 0 Å². The van der Waals surface area contributed by atoms with Gasteiger partial charge in [0, 0.05) is 95.7 Å². The van der Waals surface area contributed by atoms with E-state index in [2.05, 4.69) is 81.2 Å². The molecule has 43 heavy (non-hydrogen) atoms. The summed E-state index contributed by atoms with van der Waals surface area (Å²) >= 11 is 6.85. The molecule has 10 heteroatoms. The van der Waals surface area contributed by atoms with E-state index in [0.717, 1.165) is 62.8 Å². The number of nitrogens with zero attached hydrogens (tertiary/aromatic N) is 7. The molecular formula is C33H42ClN7O2. The predicted octanol–water partition coefficient (Wildman–Crippen LogP) is 3.66. The van der Waals surface area contributed by atoms with Crippen molar-refractivity contribution in [3.8, 4) is 11.4 Å². The Bertz CT molecular complexity index is 1400. The Hall–Kier alpha value is -3.24. The minimum absolute atomic E-state index is 0.0135. The van der Waals surface area contributed by atoms with E-state index in [9.17, 15) is 4.79 Å². The highest BCUT2D eigenvalue weighted by Crippen LogP contribution is 2.38. The second kappa shape index (κ2) is 13.2. The lowest BCUT2D eigenvalue weighted by Crippen LogP contribution is -2.49. The molecule has 1 unspecified atom stereocenters. The number of ether oxygens (including phenoxy) is 1. The molecule has 6 rings (SSSR count). The van der Waals surface area contributed by atoms with Crippen LogP contribution in [0.4, 0.5) is 11.5 Å². The number of likely N-dealkylation sites (N-methyl/N-ethyl adjacent to an activating group) is 1. The van der Waals surface area contributed by atoms with Gasteiger partial charge in [0.1, 0.15) is 11.0 Å². The van der Waals surface area contributed by atoms with Crippen molar-refractivity contribution in [3.05, 3.63) is 70.9 Å². The van der Waals surface area contributed by atoms with Crippen LogP contribution in [-0.2, 0) is 22.5 Å². The van der Waals surface area contributed by atoms with E-state index >= 15 is 0 Å². The number of anilines is 2. The molecule has 0 bridgehead atoms. The predicted molar refractivity (Wildman–Crippen MR) is 172 cm³/mol. The van der Waals surface area contributed by atoms with Crippen LogP contribution in [0.2, 0.25) is 5.15 Å². The largest absolute Gasteiger partial charge is 0.374 e. The van der Waals surface area contributed by atoms with Crippen molar-refractivity contribution in [2.45, 2.75) is 31.5 Å². The first-order chi connectivity index (χ1) is 20.8. The Labute approximate surface area is 260 Å². The molecule has 0 aliphatic carbocycles. The van der Waals surface area contributed by atoms with E-state index in [1.807, 2.05) is 0 Å². The number of rotatable bonds is 8. The first-order valence-corrected chi connectivity index (χ1v) is 15.7. The van der Waals surface area contributed by atoms with Gasteiger partial charge in [0.05, 0.1) is 12.7 Å². The van der Waals surface area contributed by atoms with E-state index in [0.29, 0.717) is 37.0 Å². The number of benzene rings is 2. The molecule has 9 nitrogen and oxygen atoms in total. The average molecular weight is 604 g/mol. The maximum atomic E-state index is 12.9. The summed E-state index contributed by atoms with van der Waals surface area (Å²) in [6.07, 6.45) is 1.01. The van der Waals surface area contributed by atoms with E-state index < -0.39 is 0 Å². The van der Waals surface area contributed by atoms with Crippen LogP contribution in [-0.4, -0.2) is 116 Å². The molecule has 1 aromatic heterocycles. The van der Waals surface area contributed by atoms with Gasteiger partial charge in [0.25, 0.3) is 0 Å². The molecule has 3 aliphatic rings. The van der Waals surface area contributed by atoms with Gasteiger partial charge in [-0.1, -0.05) is 41.9 Å². The summed E-state index contributed by atoms with van der Waals surface area (Å²) in [5, 5.41) is 0.461. The number of hydrogen-bond donors (Lipinski definition) is 0. The Kier molecular flexibility index (Phi) is 9.14. The van der Waals surface area contributed by atoms with Crippen LogP contribution in [0.1, 0.15) is 17.5 Å². The summed E-state index contributed by atoms with van der Waals surface area (Å²) in [4.78, 5) is 33.8. The second-order valence-corrected chi connectivity index (χ2v) is 12.6. The molecule has 0 radical (unpaired) electrons. The van der Waals surface area contributed by atoms with Crippen LogP contribution in [0.15, 0.2) is 54.6 Å². The molecule has 2 atom stereocenters. The minimum atomic E-state index is -0.0559. The van der Waals surface area contributed by atoms with Gasteiger partial charge in [-0.2, -0.15) is 0 Å². The van der Waals surface area contributed by atoms with Crippen LogP contribution in [0.3, 0.4) is 0 Å². The zero-order chi connectivity index (χ0) is 29.9. The van der Waals surface area contributed by atoms with Crippen molar-refractivity contribution in [1.82, 2.24) is 24.7 Å². The summed E-state index contributed by atoms with van der Waals surface area (Å²) < 4.78 is 6.28. The van der Waals surface area contributed by atoms with Gasteiger partial charge >= 0.3 is 0 Å². The van der Waals surface area contributed by atoms with Crippen LogP contribution < -0.4 is 9.80 Å². The second-order valence-electron chi connectivity index (χ2n) is 12.2. The minimum Gasteiger partial charge on any atom is -0.374 e. The Morgan fingerprint density at radius 1 is 1.00 bits per heavy atom. The highest BCUT2D eigenvalue weighted by molar-refractivity contribution is 6.30. The van der Waals surface area contributed by atoms with Gasteiger partial charge in [-0.25, -0.2) is 9.97 Å². The van der Waals surface area contributed by atoms with Gasteiger partial charge in [-0.05, 0) is 43.3 Å². The molecular weight excluding hydrogens is 562 g/mol. The SMILES string of the molecule is CN1CCN(c2ccc(-c3nc(Cl)c4c(n3)N(C[C@H]3CN(Cc5ccccc5)CCO3)C(CC(=O)N(C)C)C4)cc2)CC1. The fraction of sp³-hybridized carbons (Fsp3) is 0.485. The lowest BCUT2D eigenvalue weighted by atomic mass is 10.1. The maximum Gasteiger partial charge on any atom is 0.224 e. The first-order valence-electron chi connectivity index (χ1n) is 15.3. The normalized spacial score (nSPS) is 21.2. The van der Waals surface area contributed by atoms with Gasteiger partial charge in [0.2, 0.25) is 5.91 Å². The molecule has 228 valence electrons. The number of halogens is 1. The molecule has 2 fully saturated rings. The van der Waals surface area contributed by atoms with Crippen LogP contribution in [0.5, 0.6) is 0 Å². The number of carbonyl (C=O) groups is 1. The Morgan fingerprint density at radius 3 is 2.47 bits per heavy atom. The molecule has 0 saturated carbocycles. The number of amides is 1. The molecule has 2 saturated heterocycles. The third kappa shape index (κ3) is 6.96. The highest BCUT2D eigenvalue weighted by atomic mass is 35.5. The van der Waals surface area contributed by atoms with E-state index in [4.69, 9.17) is 26.3 Å². The van der Waals surface area contributed by atoms with Gasteiger partial charge < -0.3 is 24.3 Å². The monoisotopic (exact) mass is 603 g/mol. The Morgan fingerprint density at radius 2 is 1.74 bits per heavy atom. The number of morpholine rings is 1. The van der Waals surface area contributed by atoms with Gasteiger partial charge in [0.15, 0.2) is 5.82 Å². The fourth-order valence-electron chi connectivity index (χ4n) is 6.29. The van der Waals surface area contributed by atoms with Crippen molar-refractivity contribution in [1.29, 1.82) is 0 Å². The number of piperazine rings is 1. The number of carbonyl (C=O) groups excluding carboxylic acids is 1. The quantitative estimate of drug-likeness (QED) is 0.362. The summed E-state index contributed by atoms with van der Waals surface area (Å²) in [6, 6.07) is 19.0.